The molecule has 1 fully saturated rings. The van der Waals surface area contributed by atoms with Crippen molar-refractivity contribution in [1.82, 2.24) is 4.90 Å². The van der Waals surface area contributed by atoms with Crippen molar-refractivity contribution in [1.29, 1.82) is 0 Å². The van der Waals surface area contributed by atoms with Gasteiger partial charge in [0.25, 0.3) is 0 Å². The van der Waals surface area contributed by atoms with E-state index in [0.717, 1.165) is 18.0 Å². The number of piperidine rings is 1. The molecule has 1 saturated heterocycles. The first-order chi connectivity index (χ1) is 7.66. The van der Waals surface area contributed by atoms with Crippen LogP contribution in [0, 0.1) is 0 Å². The number of thiophene rings is 1. The molecule has 4 heteroatoms. The molecule has 0 aromatic carbocycles. The van der Waals surface area contributed by atoms with Gasteiger partial charge in [-0.1, -0.05) is 6.42 Å². The third kappa shape index (κ3) is 2.62. The first-order valence-electron chi connectivity index (χ1n) is 5.73. The predicted molar refractivity (Wildman–Crippen MR) is 65.0 cm³/mol. The highest BCUT2D eigenvalue weighted by atomic mass is 32.1. The maximum atomic E-state index is 10.8. The fraction of sp³-hybridized carbons (Fsp3) is 0.583. The minimum Gasteiger partial charge on any atom is -0.477 e. The van der Waals surface area contributed by atoms with E-state index in [1.165, 1.54) is 30.6 Å². The average molecular weight is 239 g/mol. The molecule has 1 aliphatic rings. The Kier molecular flexibility index (Phi) is 3.61. The Morgan fingerprint density at radius 3 is 3.00 bits per heavy atom. The lowest BCUT2D eigenvalue weighted by Crippen LogP contribution is -2.36. The van der Waals surface area contributed by atoms with E-state index in [4.69, 9.17) is 5.11 Å². The van der Waals surface area contributed by atoms with E-state index >= 15 is 0 Å². The molecule has 0 spiro atoms. The number of carboxylic acid groups (broad SMARTS) is 1. The normalized spacial score (nSPS) is 22.2. The summed E-state index contributed by atoms with van der Waals surface area (Å²) < 4.78 is 0. The summed E-state index contributed by atoms with van der Waals surface area (Å²) in [4.78, 5) is 14.8. The van der Waals surface area contributed by atoms with Crippen LogP contribution in [0.15, 0.2) is 12.1 Å². The van der Waals surface area contributed by atoms with Crippen LogP contribution in [-0.4, -0.2) is 28.6 Å². The van der Waals surface area contributed by atoms with Crippen LogP contribution in [0.25, 0.3) is 0 Å². The molecule has 0 bridgehead atoms. The summed E-state index contributed by atoms with van der Waals surface area (Å²) in [6.07, 6.45) is 3.85. The second-order valence-corrected chi connectivity index (χ2v) is 5.55. The second kappa shape index (κ2) is 4.97. The SMILES string of the molecule is CC1CCCCN1Cc1ccc(C(=O)O)s1. The first kappa shape index (κ1) is 11.6. The summed E-state index contributed by atoms with van der Waals surface area (Å²) in [6, 6.07) is 4.27. The van der Waals surface area contributed by atoms with Gasteiger partial charge in [0.1, 0.15) is 4.88 Å². The number of rotatable bonds is 3. The molecule has 1 aromatic rings. The van der Waals surface area contributed by atoms with Gasteiger partial charge in [-0.05, 0) is 38.4 Å². The Morgan fingerprint density at radius 2 is 2.38 bits per heavy atom. The first-order valence-corrected chi connectivity index (χ1v) is 6.54. The molecule has 0 amide bonds. The molecule has 88 valence electrons. The summed E-state index contributed by atoms with van der Waals surface area (Å²) in [5, 5.41) is 8.85. The summed E-state index contributed by atoms with van der Waals surface area (Å²) in [7, 11) is 0. The highest BCUT2D eigenvalue weighted by Crippen LogP contribution is 2.23. The largest absolute Gasteiger partial charge is 0.477 e. The number of nitrogens with zero attached hydrogens (tertiary/aromatic N) is 1. The van der Waals surface area contributed by atoms with Crippen molar-refractivity contribution >= 4 is 17.3 Å². The monoisotopic (exact) mass is 239 g/mol. The molecule has 1 unspecified atom stereocenters. The molecule has 1 aromatic heterocycles. The van der Waals surface area contributed by atoms with Crippen LogP contribution < -0.4 is 0 Å². The van der Waals surface area contributed by atoms with E-state index in [0.29, 0.717) is 10.9 Å². The van der Waals surface area contributed by atoms with Gasteiger partial charge in [0.15, 0.2) is 0 Å². The Labute approximate surface area is 99.7 Å². The van der Waals surface area contributed by atoms with Gasteiger partial charge in [0.2, 0.25) is 0 Å². The number of aromatic carboxylic acids is 1. The van der Waals surface area contributed by atoms with Crippen molar-refractivity contribution in [3.8, 4) is 0 Å². The maximum absolute atomic E-state index is 10.8. The van der Waals surface area contributed by atoms with Crippen LogP contribution in [0.5, 0.6) is 0 Å². The zero-order valence-corrected chi connectivity index (χ0v) is 10.3. The van der Waals surface area contributed by atoms with Crippen LogP contribution in [0.1, 0.15) is 40.7 Å². The lowest BCUT2D eigenvalue weighted by atomic mass is 10.0. The van der Waals surface area contributed by atoms with Gasteiger partial charge in [-0.3, -0.25) is 4.90 Å². The van der Waals surface area contributed by atoms with E-state index < -0.39 is 5.97 Å². The van der Waals surface area contributed by atoms with Gasteiger partial charge >= 0.3 is 5.97 Å². The molecular formula is C12H17NO2S. The standard InChI is InChI=1S/C12H17NO2S/c1-9-4-2-3-7-13(9)8-10-5-6-11(16-10)12(14)15/h5-6,9H,2-4,7-8H2,1H3,(H,14,15). The van der Waals surface area contributed by atoms with Crippen LogP contribution in [0.2, 0.25) is 0 Å². The van der Waals surface area contributed by atoms with Crippen molar-refractivity contribution in [2.75, 3.05) is 6.54 Å². The zero-order chi connectivity index (χ0) is 11.5. The highest BCUT2D eigenvalue weighted by molar-refractivity contribution is 7.13. The predicted octanol–water partition coefficient (Wildman–Crippen LogP) is 2.82. The fourth-order valence-electron chi connectivity index (χ4n) is 2.17. The van der Waals surface area contributed by atoms with Crippen molar-refractivity contribution in [2.24, 2.45) is 0 Å². The molecule has 0 saturated carbocycles. The Hall–Kier alpha value is -0.870. The molecule has 16 heavy (non-hydrogen) atoms. The lowest BCUT2D eigenvalue weighted by Gasteiger charge is -2.32. The summed E-state index contributed by atoms with van der Waals surface area (Å²) in [5.74, 6) is -0.817. The number of hydrogen-bond acceptors (Lipinski definition) is 3. The lowest BCUT2D eigenvalue weighted by molar-refractivity contribution is 0.0702. The minimum absolute atomic E-state index is 0.444. The van der Waals surface area contributed by atoms with Gasteiger partial charge in [-0.2, -0.15) is 0 Å². The van der Waals surface area contributed by atoms with E-state index in [-0.39, 0.29) is 0 Å². The second-order valence-electron chi connectivity index (χ2n) is 4.39. The quantitative estimate of drug-likeness (QED) is 0.881. The molecule has 1 aliphatic heterocycles. The van der Waals surface area contributed by atoms with E-state index in [2.05, 4.69) is 11.8 Å². The fourth-order valence-corrected chi connectivity index (χ4v) is 3.04. The molecule has 3 nitrogen and oxygen atoms in total. The van der Waals surface area contributed by atoms with Gasteiger partial charge in [-0.15, -0.1) is 11.3 Å². The van der Waals surface area contributed by atoms with Gasteiger partial charge in [0, 0.05) is 17.5 Å². The summed E-state index contributed by atoms with van der Waals surface area (Å²) in [6.45, 7) is 4.30. The molecular weight excluding hydrogens is 222 g/mol. The molecule has 0 radical (unpaired) electrons. The van der Waals surface area contributed by atoms with E-state index in [1.807, 2.05) is 6.07 Å². The molecule has 1 N–H and O–H groups in total. The summed E-state index contributed by atoms with van der Waals surface area (Å²) >= 11 is 1.40. The Morgan fingerprint density at radius 1 is 1.56 bits per heavy atom. The van der Waals surface area contributed by atoms with Crippen LogP contribution in [0.3, 0.4) is 0 Å². The topological polar surface area (TPSA) is 40.5 Å². The molecule has 2 rings (SSSR count). The number of carboxylic acids is 1. The van der Waals surface area contributed by atoms with Crippen LogP contribution in [0.4, 0.5) is 0 Å². The van der Waals surface area contributed by atoms with Gasteiger partial charge in [0.05, 0.1) is 0 Å². The van der Waals surface area contributed by atoms with Crippen LogP contribution >= 0.6 is 11.3 Å². The van der Waals surface area contributed by atoms with Crippen molar-refractivity contribution in [2.45, 2.75) is 38.8 Å². The average Bonchev–Trinajstić information content (AvgIpc) is 2.70. The Bertz CT molecular complexity index is 375. The molecule has 2 heterocycles. The smallest absolute Gasteiger partial charge is 0.345 e. The number of carbonyl (C=O) groups is 1. The third-order valence-corrected chi connectivity index (χ3v) is 4.23. The van der Waals surface area contributed by atoms with Gasteiger partial charge in [-0.25, -0.2) is 4.79 Å². The third-order valence-electron chi connectivity index (χ3n) is 3.17. The highest BCUT2D eigenvalue weighted by Gasteiger charge is 2.19. The molecule has 0 aliphatic carbocycles. The van der Waals surface area contributed by atoms with Gasteiger partial charge < -0.3 is 5.11 Å². The van der Waals surface area contributed by atoms with Crippen molar-refractivity contribution in [3.63, 3.8) is 0 Å². The van der Waals surface area contributed by atoms with E-state index in [9.17, 15) is 4.79 Å². The van der Waals surface area contributed by atoms with Crippen molar-refractivity contribution in [3.05, 3.63) is 21.9 Å². The number of likely N-dealkylation sites (tertiary alicyclic amines) is 1. The minimum atomic E-state index is -0.817. The van der Waals surface area contributed by atoms with Crippen molar-refractivity contribution < 1.29 is 9.90 Å². The Balaban J connectivity index is 1.99. The zero-order valence-electron chi connectivity index (χ0n) is 9.48. The molecule has 1 atom stereocenters. The maximum Gasteiger partial charge on any atom is 0.345 e. The van der Waals surface area contributed by atoms with E-state index in [1.54, 1.807) is 6.07 Å². The van der Waals surface area contributed by atoms with Crippen LogP contribution in [-0.2, 0) is 6.54 Å². The number of hydrogen-bond donors (Lipinski definition) is 1. The summed E-state index contributed by atoms with van der Waals surface area (Å²) in [5.41, 5.74) is 0.